The summed E-state index contributed by atoms with van der Waals surface area (Å²) in [5.41, 5.74) is 0.381. The summed E-state index contributed by atoms with van der Waals surface area (Å²) in [5.74, 6) is 0. The van der Waals surface area contributed by atoms with Gasteiger partial charge in [-0.1, -0.05) is 29.8 Å². The molecule has 1 aliphatic heterocycles. The summed E-state index contributed by atoms with van der Waals surface area (Å²) < 4.78 is 0. The lowest BCUT2D eigenvalue weighted by Crippen LogP contribution is -2.41. The molecule has 1 aliphatic rings. The first kappa shape index (κ1) is 13.5. The quantitative estimate of drug-likeness (QED) is 0.712. The summed E-state index contributed by atoms with van der Waals surface area (Å²) in [4.78, 5) is 4.98. The fourth-order valence-electron chi connectivity index (χ4n) is 2.41. The second-order valence-electron chi connectivity index (χ2n) is 5.77. The van der Waals surface area contributed by atoms with Gasteiger partial charge in [0, 0.05) is 24.5 Å². The maximum atomic E-state index is 3.59. The van der Waals surface area contributed by atoms with Crippen LogP contribution in [0.1, 0.15) is 26.7 Å². The van der Waals surface area contributed by atoms with Gasteiger partial charge >= 0.3 is 0 Å². The van der Waals surface area contributed by atoms with Crippen molar-refractivity contribution in [3.8, 4) is 0 Å². The summed E-state index contributed by atoms with van der Waals surface area (Å²) in [6.07, 6.45) is 2.74. The van der Waals surface area contributed by atoms with E-state index >= 15 is 0 Å². The second kappa shape index (κ2) is 5.65. The molecule has 15 heavy (non-hydrogen) atoms. The van der Waals surface area contributed by atoms with Gasteiger partial charge in [-0.25, -0.2) is 0 Å². The molecule has 1 atom stereocenters. The van der Waals surface area contributed by atoms with Crippen LogP contribution in [0, 0.1) is 5.41 Å². The Balaban J connectivity index is 2.32. The Morgan fingerprint density at radius 3 is 2.60 bits per heavy atom. The van der Waals surface area contributed by atoms with Crippen molar-refractivity contribution in [1.29, 1.82) is 0 Å². The summed E-state index contributed by atoms with van der Waals surface area (Å²) in [6, 6.07) is 0.779. The Hall–Kier alpha value is 0.400. The van der Waals surface area contributed by atoms with Crippen LogP contribution < -0.4 is 0 Å². The van der Waals surface area contributed by atoms with Crippen LogP contribution >= 0.6 is 15.9 Å². The molecule has 0 bridgehead atoms. The zero-order chi connectivity index (χ0) is 11.5. The van der Waals surface area contributed by atoms with E-state index in [0.29, 0.717) is 5.41 Å². The van der Waals surface area contributed by atoms with Gasteiger partial charge in [0.25, 0.3) is 0 Å². The van der Waals surface area contributed by atoms with Gasteiger partial charge in [-0.3, -0.25) is 0 Å². The molecule has 0 saturated carbocycles. The molecule has 1 rings (SSSR count). The summed E-state index contributed by atoms with van der Waals surface area (Å²) in [7, 11) is 4.50. The minimum atomic E-state index is 0.381. The first-order valence-corrected chi connectivity index (χ1v) is 7.01. The fraction of sp³-hybridized carbons (Fsp3) is 1.00. The van der Waals surface area contributed by atoms with Crippen LogP contribution in [0.25, 0.3) is 0 Å². The average molecular weight is 277 g/mol. The average Bonchev–Trinajstić information content (AvgIpc) is 2.51. The van der Waals surface area contributed by atoms with Gasteiger partial charge in [0.1, 0.15) is 0 Å². The first-order valence-electron chi connectivity index (χ1n) is 5.89. The Labute approximate surface area is 103 Å². The van der Waals surface area contributed by atoms with Gasteiger partial charge in [-0.15, -0.1) is 0 Å². The van der Waals surface area contributed by atoms with E-state index in [9.17, 15) is 0 Å². The first-order chi connectivity index (χ1) is 6.94. The highest BCUT2D eigenvalue weighted by atomic mass is 79.9. The molecule has 1 unspecified atom stereocenters. The Morgan fingerprint density at radius 2 is 2.13 bits per heavy atom. The molecule has 2 nitrogen and oxygen atoms in total. The van der Waals surface area contributed by atoms with Crippen molar-refractivity contribution >= 4 is 15.9 Å². The van der Waals surface area contributed by atoms with E-state index in [1.807, 2.05) is 0 Å². The minimum Gasteiger partial charge on any atom is -0.304 e. The molecule has 0 N–H and O–H groups in total. The number of nitrogens with zero attached hydrogens (tertiary/aromatic N) is 2. The van der Waals surface area contributed by atoms with Gasteiger partial charge in [0.15, 0.2) is 0 Å². The second-order valence-corrected chi connectivity index (χ2v) is 6.33. The number of hydrogen-bond donors (Lipinski definition) is 0. The van der Waals surface area contributed by atoms with Crippen molar-refractivity contribution in [3.63, 3.8) is 0 Å². The maximum Gasteiger partial charge on any atom is 0.0220 e. The topological polar surface area (TPSA) is 6.48 Å². The molecule has 0 aliphatic carbocycles. The van der Waals surface area contributed by atoms with Crippen LogP contribution in [0.5, 0.6) is 0 Å². The predicted molar refractivity (Wildman–Crippen MR) is 70.7 cm³/mol. The zero-order valence-corrected chi connectivity index (χ0v) is 12.2. The van der Waals surface area contributed by atoms with Crippen molar-refractivity contribution < 1.29 is 0 Å². The third-order valence-electron chi connectivity index (χ3n) is 3.25. The van der Waals surface area contributed by atoms with Gasteiger partial charge in [0.05, 0.1) is 0 Å². The van der Waals surface area contributed by atoms with Crippen LogP contribution in [-0.2, 0) is 0 Å². The van der Waals surface area contributed by atoms with Crippen molar-refractivity contribution in [1.82, 2.24) is 9.80 Å². The summed E-state index contributed by atoms with van der Waals surface area (Å²) >= 11 is 3.59. The highest BCUT2D eigenvalue weighted by molar-refractivity contribution is 9.09. The number of likely N-dealkylation sites (N-methyl/N-ethyl adjacent to an activating group) is 2. The van der Waals surface area contributed by atoms with Crippen LogP contribution in [0.2, 0.25) is 0 Å². The van der Waals surface area contributed by atoms with E-state index in [1.165, 1.54) is 32.5 Å². The molecular weight excluding hydrogens is 252 g/mol. The van der Waals surface area contributed by atoms with Crippen molar-refractivity contribution in [2.45, 2.75) is 32.7 Å². The van der Waals surface area contributed by atoms with E-state index in [2.05, 4.69) is 53.7 Å². The van der Waals surface area contributed by atoms with Crippen LogP contribution in [0.4, 0.5) is 0 Å². The van der Waals surface area contributed by atoms with Crippen LogP contribution in [0.15, 0.2) is 0 Å². The Bertz CT molecular complexity index is 194. The fourth-order valence-corrected chi connectivity index (χ4v) is 2.58. The molecule has 3 heteroatoms. The molecule has 0 aromatic rings. The summed E-state index contributed by atoms with van der Waals surface area (Å²) in [5, 5.41) is 1.07. The molecule has 1 fully saturated rings. The van der Waals surface area contributed by atoms with Crippen molar-refractivity contribution in [2.75, 3.05) is 39.1 Å². The van der Waals surface area contributed by atoms with Crippen LogP contribution in [0.3, 0.4) is 0 Å². The lowest BCUT2D eigenvalue weighted by molar-refractivity contribution is 0.178. The highest BCUT2D eigenvalue weighted by Crippen LogP contribution is 2.21. The molecule has 0 spiro atoms. The van der Waals surface area contributed by atoms with Crippen LogP contribution in [-0.4, -0.2) is 54.9 Å². The standard InChI is InChI=1S/C12H25BrN2/c1-12(2,9-13)10-14(3)8-11-6-5-7-15(11)4/h11H,5-10H2,1-4H3. The Kier molecular flexibility index (Phi) is 5.07. The monoisotopic (exact) mass is 276 g/mol. The summed E-state index contributed by atoms with van der Waals surface area (Å²) in [6.45, 7) is 8.29. The highest BCUT2D eigenvalue weighted by Gasteiger charge is 2.24. The zero-order valence-electron chi connectivity index (χ0n) is 10.6. The Morgan fingerprint density at radius 1 is 1.47 bits per heavy atom. The number of rotatable bonds is 5. The minimum absolute atomic E-state index is 0.381. The van der Waals surface area contributed by atoms with E-state index in [4.69, 9.17) is 0 Å². The largest absolute Gasteiger partial charge is 0.304 e. The lowest BCUT2D eigenvalue weighted by Gasteiger charge is -2.32. The van der Waals surface area contributed by atoms with E-state index in [-0.39, 0.29) is 0 Å². The SMILES string of the molecule is CN(CC1CCCN1C)CC(C)(C)CBr. The normalized spacial score (nSPS) is 24.0. The number of likely N-dealkylation sites (tertiary alicyclic amines) is 1. The molecule has 0 aromatic heterocycles. The maximum absolute atomic E-state index is 3.59. The van der Waals surface area contributed by atoms with Gasteiger partial charge < -0.3 is 9.80 Å². The number of hydrogen-bond acceptors (Lipinski definition) is 2. The molecule has 90 valence electrons. The smallest absolute Gasteiger partial charge is 0.0220 e. The number of alkyl halides is 1. The number of halogens is 1. The van der Waals surface area contributed by atoms with Crippen molar-refractivity contribution in [2.24, 2.45) is 5.41 Å². The third-order valence-corrected chi connectivity index (χ3v) is 4.77. The molecule has 0 amide bonds. The van der Waals surface area contributed by atoms with E-state index in [1.54, 1.807) is 0 Å². The third kappa shape index (κ3) is 4.41. The predicted octanol–water partition coefficient (Wildman–Crippen LogP) is 2.43. The lowest BCUT2D eigenvalue weighted by atomic mass is 9.96. The van der Waals surface area contributed by atoms with Crippen molar-refractivity contribution in [3.05, 3.63) is 0 Å². The molecule has 1 heterocycles. The molecule has 1 saturated heterocycles. The van der Waals surface area contributed by atoms with Gasteiger partial charge in [0.2, 0.25) is 0 Å². The molecule has 0 radical (unpaired) electrons. The molecule has 0 aromatic carbocycles. The van der Waals surface area contributed by atoms with E-state index in [0.717, 1.165) is 11.4 Å². The van der Waals surface area contributed by atoms with E-state index < -0.39 is 0 Å². The van der Waals surface area contributed by atoms with Gasteiger partial charge in [-0.2, -0.15) is 0 Å². The molecular formula is C12H25BrN2. The van der Waals surface area contributed by atoms with Gasteiger partial charge in [-0.05, 0) is 38.9 Å².